The quantitative estimate of drug-likeness (QED) is 0.205. The summed E-state index contributed by atoms with van der Waals surface area (Å²) in [4.78, 5) is 11.1. The Morgan fingerprint density at radius 1 is 0.920 bits per heavy atom. The molecule has 0 radical (unpaired) electrons. The van der Waals surface area contributed by atoms with E-state index < -0.39 is 0 Å². The van der Waals surface area contributed by atoms with Crippen molar-refractivity contribution >= 4 is 6.29 Å². The van der Waals surface area contributed by atoms with E-state index in [1.54, 1.807) is 0 Å². The molecule has 0 spiro atoms. The summed E-state index contributed by atoms with van der Waals surface area (Å²) in [6, 6.07) is 0. The van der Waals surface area contributed by atoms with Crippen molar-refractivity contribution in [2.45, 2.75) is 110 Å². The molecule has 1 aliphatic carbocycles. The van der Waals surface area contributed by atoms with Crippen molar-refractivity contribution < 1.29 is 9.90 Å². The third-order valence-electron chi connectivity index (χ3n) is 5.92. The zero-order valence-corrected chi connectivity index (χ0v) is 16.9. The first-order chi connectivity index (χ1) is 12.1. The van der Waals surface area contributed by atoms with Gasteiger partial charge in [-0.05, 0) is 37.5 Å². The van der Waals surface area contributed by atoms with E-state index >= 15 is 0 Å². The van der Waals surface area contributed by atoms with Crippen LogP contribution in [0.3, 0.4) is 0 Å². The summed E-state index contributed by atoms with van der Waals surface area (Å²) in [6.07, 6.45) is 22.4. The molecule has 0 fully saturated rings. The average Bonchev–Trinajstić information content (AvgIpc) is 2.60. The second kappa shape index (κ2) is 13.6. The molecular formula is C23H42O2. The molecule has 0 saturated carbocycles. The van der Waals surface area contributed by atoms with Crippen LogP contribution in [0.2, 0.25) is 0 Å². The molecule has 1 aliphatic rings. The van der Waals surface area contributed by atoms with Gasteiger partial charge in [-0.15, -0.1) is 0 Å². The first-order valence-electron chi connectivity index (χ1n) is 10.9. The SMILES string of the molecule is CC1(C)CCC(C=O)C=C1CCCCCCCCCCCCCCO. The lowest BCUT2D eigenvalue weighted by Crippen LogP contribution is -2.22. The summed E-state index contributed by atoms with van der Waals surface area (Å²) in [5, 5.41) is 8.73. The predicted octanol–water partition coefficient (Wildman–Crippen LogP) is 6.61. The molecule has 2 nitrogen and oxygen atoms in total. The van der Waals surface area contributed by atoms with Crippen LogP contribution in [-0.2, 0) is 4.79 Å². The smallest absolute Gasteiger partial charge is 0.126 e. The van der Waals surface area contributed by atoms with Crippen molar-refractivity contribution in [3.05, 3.63) is 11.6 Å². The molecule has 1 N–H and O–H groups in total. The average molecular weight is 351 g/mol. The van der Waals surface area contributed by atoms with Gasteiger partial charge in [0.25, 0.3) is 0 Å². The zero-order chi connectivity index (χ0) is 18.4. The van der Waals surface area contributed by atoms with Crippen LogP contribution in [0.1, 0.15) is 110 Å². The number of allylic oxidation sites excluding steroid dienone is 2. The number of carbonyl (C=O) groups excluding carboxylic acids is 1. The number of aliphatic hydroxyl groups is 1. The highest BCUT2D eigenvalue weighted by atomic mass is 16.2. The summed E-state index contributed by atoms with van der Waals surface area (Å²) >= 11 is 0. The van der Waals surface area contributed by atoms with E-state index in [9.17, 15) is 4.79 Å². The minimum Gasteiger partial charge on any atom is -0.396 e. The molecule has 1 unspecified atom stereocenters. The van der Waals surface area contributed by atoms with Gasteiger partial charge in [-0.3, -0.25) is 0 Å². The lowest BCUT2D eigenvalue weighted by Gasteiger charge is -2.34. The fraction of sp³-hybridized carbons (Fsp3) is 0.870. The van der Waals surface area contributed by atoms with Crippen molar-refractivity contribution in [3.8, 4) is 0 Å². The van der Waals surface area contributed by atoms with Crippen LogP contribution >= 0.6 is 0 Å². The second-order valence-electron chi connectivity index (χ2n) is 8.63. The number of aldehydes is 1. The Bertz CT molecular complexity index is 370. The highest BCUT2D eigenvalue weighted by Crippen LogP contribution is 2.40. The van der Waals surface area contributed by atoms with Crippen molar-refractivity contribution in [2.24, 2.45) is 11.3 Å². The largest absolute Gasteiger partial charge is 0.396 e. The topological polar surface area (TPSA) is 37.3 Å². The molecule has 0 amide bonds. The Hall–Kier alpha value is -0.630. The summed E-state index contributed by atoms with van der Waals surface area (Å²) in [7, 11) is 0. The van der Waals surface area contributed by atoms with Crippen LogP contribution < -0.4 is 0 Å². The first-order valence-corrected chi connectivity index (χ1v) is 10.9. The summed E-state index contributed by atoms with van der Waals surface area (Å²) in [5.74, 6) is 0.173. The first kappa shape index (κ1) is 22.4. The third-order valence-corrected chi connectivity index (χ3v) is 5.92. The zero-order valence-electron chi connectivity index (χ0n) is 16.9. The van der Waals surface area contributed by atoms with E-state index in [1.807, 2.05) is 0 Å². The number of unbranched alkanes of at least 4 members (excludes halogenated alkanes) is 11. The van der Waals surface area contributed by atoms with E-state index in [1.165, 1.54) is 82.6 Å². The maximum Gasteiger partial charge on any atom is 0.126 e. The van der Waals surface area contributed by atoms with Crippen molar-refractivity contribution in [2.75, 3.05) is 6.61 Å². The van der Waals surface area contributed by atoms with Gasteiger partial charge in [0, 0.05) is 12.5 Å². The van der Waals surface area contributed by atoms with Gasteiger partial charge < -0.3 is 9.90 Å². The molecule has 1 atom stereocenters. The Morgan fingerprint density at radius 3 is 1.88 bits per heavy atom. The minimum absolute atomic E-state index is 0.173. The van der Waals surface area contributed by atoms with Gasteiger partial charge in [-0.2, -0.15) is 0 Å². The monoisotopic (exact) mass is 350 g/mol. The predicted molar refractivity (Wildman–Crippen MR) is 108 cm³/mol. The molecule has 0 aromatic carbocycles. The van der Waals surface area contributed by atoms with Crippen LogP contribution in [0, 0.1) is 11.3 Å². The van der Waals surface area contributed by atoms with E-state index in [0.717, 1.165) is 25.5 Å². The fourth-order valence-electron chi connectivity index (χ4n) is 3.98. The second-order valence-corrected chi connectivity index (χ2v) is 8.63. The molecule has 2 heteroatoms. The number of carbonyl (C=O) groups is 1. The highest BCUT2D eigenvalue weighted by molar-refractivity contribution is 5.57. The lowest BCUT2D eigenvalue weighted by atomic mass is 9.71. The standard InChI is InChI=1S/C23H42O2/c1-23(2)17-16-21(20-25)19-22(23)15-13-11-9-7-5-3-4-6-8-10-12-14-18-24/h19-21,24H,3-18H2,1-2H3. The molecule has 0 saturated heterocycles. The summed E-state index contributed by atoms with van der Waals surface area (Å²) in [6.45, 7) is 5.03. The van der Waals surface area contributed by atoms with Crippen LogP contribution in [0.25, 0.3) is 0 Å². The third kappa shape index (κ3) is 10.2. The Balaban J connectivity index is 1.96. The molecule has 0 bridgehead atoms. The number of hydrogen-bond donors (Lipinski definition) is 1. The van der Waals surface area contributed by atoms with Crippen molar-refractivity contribution in [1.82, 2.24) is 0 Å². The number of aliphatic hydroxyl groups excluding tert-OH is 1. The van der Waals surface area contributed by atoms with Gasteiger partial charge in [-0.25, -0.2) is 0 Å². The van der Waals surface area contributed by atoms with Crippen LogP contribution in [0.15, 0.2) is 11.6 Å². The molecular weight excluding hydrogens is 308 g/mol. The maximum absolute atomic E-state index is 11.1. The van der Waals surface area contributed by atoms with E-state index in [4.69, 9.17) is 5.11 Å². The highest BCUT2D eigenvalue weighted by Gasteiger charge is 2.28. The summed E-state index contributed by atoms with van der Waals surface area (Å²) in [5.41, 5.74) is 1.83. The van der Waals surface area contributed by atoms with Crippen LogP contribution in [0.4, 0.5) is 0 Å². The van der Waals surface area contributed by atoms with Gasteiger partial charge in [0.05, 0.1) is 0 Å². The van der Waals surface area contributed by atoms with E-state index in [-0.39, 0.29) is 5.92 Å². The van der Waals surface area contributed by atoms with Gasteiger partial charge in [-0.1, -0.05) is 89.7 Å². The molecule has 0 aliphatic heterocycles. The van der Waals surface area contributed by atoms with E-state index in [2.05, 4.69) is 19.9 Å². The Labute approximate surface area is 156 Å². The molecule has 25 heavy (non-hydrogen) atoms. The molecule has 146 valence electrons. The molecule has 0 aromatic heterocycles. The number of hydrogen-bond acceptors (Lipinski definition) is 2. The van der Waals surface area contributed by atoms with Crippen LogP contribution in [0.5, 0.6) is 0 Å². The Morgan fingerprint density at radius 2 is 1.40 bits per heavy atom. The van der Waals surface area contributed by atoms with Crippen molar-refractivity contribution in [1.29, 1.82) is 0 Å². The fourth-order valence-corrected chi connectivity index (χ4v) is 3.98. The normalized spacial score (nSPS) is 19.6. The van der Waals surface area contributed by atoms with Crippen molar-refractivity contribution in [3.63, 3.8) is 0 Å². The van der Waals surface area contributed by atoms with Gasteiger partial charge in [0.1, 0.15) is 6.29 Å². The molecule has 0 aromatic rings. The van der Waals surface area contributed by atoms with Crippen LogP contribution in [-0.4, -0.2) is 18.0 Å². The lowest BCUT2D eigenvalue weighted by molar-refractivity contribution is -0.110. The van der Waals surface area contributed by atoms with Gasteiger partial charge in [0.2, 0.25) is 0 Å². The molecule has 1 rings (SSSR count). The Kier molecular flexibility index (Phi) is 12.2. The minimum atomic E-state index is 0.173. The number of rotatable bonds is 15. The maximum atomic E-state index is 11.1. The van der Waals surface area contributed by atoms with E-state index in [0.29, 0.717) is 12.0 Å². The van der Waals surface area contributed by atoms with Gasteiger partial charge >= 0.3 is 0 Å². The molecule has 0 heterocycles. The summed E-state index contributed by atoms with van der Waals surface area (Å²) < 4.78 is 0. The van der Waals surface area contributed by atoms with Gasteiger partial charge in [0.15, 0.2) is 0 Å².